The molecule has 1 heterocycles. The zero-order chi connectivity index (χ0) is 34.5. The number of terminal acetylenes is 2. The van der Waals surface area contributed by atoms with Gasteiger partial charge in [0.25, 0.3) is 0 Å². The largest absolute Gasteiger partial charge is 0.381 e. The molecule has 0 aliphatic carbocycles. The van der Waals surface area contributed by atoms with Gasteiger partial charge in [0.2, 0.25) is 0 Å². The SMILES string of the molecule is C#CC#CC#CCC1CC(C)CC(C)CCOCCCC(C)CC(C)CC(C#CC#CC#C)CC(CC)CCCOCCC(CC)C1. The Morgan fingerprint density at radius 3 is 1.74 bits per heavy atom. The predicted octanol–water partition coefficient (Wildman–Crippen LogP) is 10.2. The molecule has 1 aliphatic heterocycles. The maximum absolute atomic E-state index is 6.22. The van der Waals surface area contributed by atoms with Crippen molar-refractivity contribution >= 4 is 0 Å². The van der Waals surface area contributed by atoms with Crippen molar-refractivity contribution in [2.24, 2.45) is 47.3 Å². The molecule has 0 radical (unpaired) electrons. The van der Waals surface area contributed by atoms with Gasteiger partial charge in [-0.1, -0.05) is 66.2 Å². The van der Waals surface area contributed by atoms with Gasteiger partial charge in [0.15, 0.2) is 0 Å². The summed E-state index contributed by atoms with van der Waals surface area (Å²) in [6.45, 7) is 17.6. The average molecular weight is 639 g/mol. The van der Waals surface area contributed by atoms with Crippen LogP contribution in [0.1, 0.15) is 138 Å². The van der Waals surface area contributed by atoms with Gasteiger partial charge in [-0.05, 0) is 166 Å². The van der Waals surface area contributed by atoms with E-state index in [1.807, 2.05) is 0 Å². The van der Waals surface area contributed by atoms with Gasteiger partial charge < -0.3 is 9.47 Å². The van der Waals surface area contributed by atoms with Crippen molar-refractivity contribution in [3.05, 3.63) is 0 Å². The normalized spacial score (nSPS) is 29.6. The van der Waals surface area contributed by atoms with Crippen LogP contribution >= 0.6 is 0 Å². The molecule has 0 spiro atoms. The van der Waals surface area contributed by atoms with E-state index in [-0.39, 0.29) is 0 Å². The molecule has 258 valence electrons. The van der Waals surface area contributed by atoms with E-state index >= 15 is 0 Å². The summed E-state index contributed by atoms with van der Waals surface area (Å²) < 4.78 is 12.3. The van der Waals surface area contributed by atoms with Gasteiger partial charge in [-0.2, -0.15) is 0 Å². The fourth-order valence-electron chi connectivity index (χ4n) is 7.44. The van der Waals surface area contributed by atoms with Crippen molar-refractivity contribution in [1.29, 1.82) is 0 Å². The topological polar surface area (TPSA) is 18.5 Å². The highest BCUT2D eigenvalue weighted by Crippen LogP contribution is 2.31. The second-order valence-corrected chi connectivity index (χ2v) is 14.6. The van der Waals surface area contributed by atoms with Crippen molar-refractivity contribution in [2.45, 2.75) is 138 Å². The van der Waals surface area contributed by atoms with Gasteiger partial charge in [-0.25, -0.2) is 0 Å². The molecule has 47 heavy (non-hydrogen) atoms. The van der Waals surface area contributed by atoms with Crippen LogP contribution in [-0.2, 0) is 9.47 Å². The summed E-state index contributed by atoms with van der Waals surface area (Å²) in [6, 6.07) is 0. The van der Waals surface area contributed by atoms with E-state index in [0.717, 1.165) is 71.4 Å². The molecule has 0 aromatic carbocycles. The Hall–Kier alpha value is -2.72. The van der Waals surface area contributed by atoms with Crippen LogP contribution in [-0.4, -0.2) is 26.4 Å². The summed E-state index contributed by atoms with van der Waals surface area (Å²) in [6.07, 6.45) is 27.8. The molecule has 0 saturated carbocycles. The smallest absolute Gasteiger partial charge is 0.0468 e. The zero-order valence-corrected chi connectivity index (χ0v) is 31.0. The standard InChI is InChI=1S/C45H66O2/c1-9-13-15-17-19-24-45-35-41(8)33-39(6)26-30-46-28-20-22-38(5)32-40(7)34-44(23-18-16-14-10-2)36-42(11-3)25-21-29-47-31-27-43(12-4)37-45/h1-2,38-45H,11-12,20-22,24-37H2,3-8H3. The minimum absolute atomic E-state index is 0.356. The monoisotopic (exact) mass is 639 g/mol. The van der Waals surface area contributed by atoms with Gasteiger partial charge in [0.05, 0.1) is 0 Å². The van der Waals surface area contributed by atoms with E-state index in [9.17, 15) is 0 Å². The fourth-order valence-corrected chi connectivity index (χ4v) is 7.44. The highest BCUT2D eigenvalue weighted by Gasteiger charge is 2.21. The lowest BCUT2D eigenvalue weighted by molar-refractivity contribution is 0.105. The van der Waals surface area contributed by atoms with Crippen LogP contribution in [0.5, 0.6) is 0 Å². The fraction of sp³-hybridized carbons (Fsp3) is 0.733. The zero-order valence-electron chi connectivity index (χ0n) is 31.0. The summed E-state index contributed by atoms with van der Waals surface area (Å²) in [5.74, 6) is 33.4. The molecule has 2 heteroatoms. The third-order valence-corrected chi connectivity index (χ3v) is 9.93. The van der Waals surface area contributed by atoms with Crippen LogP contribution in [0.2, 0.25) is 0 Å². The van der Waals surface area contributed by atoms with Gasteiger partial charge in [0.1, 0.15) is 0 Å². The predicted molar refractivity (Wildman–Crippen MR) is 202 cm³/mol. The Labute approximate surface area is 292 Å². The maximum Gasteiger partial charge on any atom is 0.0468 e. The summed E-state index contributed by atoms with van der Waals surface area (Å²) in [7, 11) is 0. The van der Waals surface area contributed by atoms with E-state index in [1.54, 1.807) is 0 Å². The van der Waals surface area contributed by atoms with Crippen molar-refractivity contribution in [2.75, 3.05) is 26.4 Å². The van der Waals surface area contributed by atoms with Gasteiger partial charge in [-0.15, -0.1) is 12.8 Å². The molecule has 1 aliphatic rings. The molecule has 0 aromatic heterocycles. The van der Waals surface area contributed by atoms with E-state index < -0.39 is 0 Å². The molecule has 0 bridgehead atoms. The first kappa shape index (κ1) is 42.3. The highest BCUT2D eigenvalue weighted by atomic mass is 16.5. The molecular weight excluding hydrogens is 572 g/mol. The lowest BCUT2D eigenvalue weighted by Crippen LogP contribution is -2.16. The molecule has 0 amide bonds. The Kier molecular flexibility index (Phi) is 25.5. The average Bonchev–Trinajstić information content (AvgIpc) is 3.04. The van der Waals surface area contributed by atoms with Crippen molar-refractivity contribution in [3.8, 4) is 72.1 Å². The van der Waals surface area contributed by atoms with Crippen LogP contribution in [0.4, 0.5) is 0 Å². The van der Waals surface area contributed by atoms with E-state index in [0.29, 0.717) is 47.3 Å². The van der Waals surface area contributed by atoms with Crippen molar-refractivity contribution in [1.82, 2.24) is 0 Å². The van der Waals surface area contributed by atoms with Crippen LogP contribution in [0.3, 0.4) is 0 Å². The van der Waals surface area contributed by atoms with Crippen molar-refractivity contribution < 1.29 is 9.47 Å². The van der Waals surface area contributed by atoms with E-state index in [4.69, 9.17) is 22.3 Å². The Balaban J connectivity index is 2.95. The van der Waals surface area contributed by atoms with Crippen LogP contribution in [0.15, 0.2) is 0 Å². The molecule has 8 unspecified atom stereocenters. The molecule has 1 fully saturated rings. The highest BCUT2D eigenvalue weighted by molar-refractivity contribution is 5.34. The molecular formula is C45H66O2. The van der Waals surface area contributed by atoms with Crippen LogP contribution in [0.25, 0.3) is 0 Å². The summed E-state index contributed by atoms with van der Waals surface area (Å²) >= 11 is 0. The second kappa shape index (κ2) is 28.3. The molecule has 0 N–H and O–H groups in total. The van der Waals surface area contributed by atoms with Gasteiger partial charge in [0, 0.05) is 38.8 Å². The quantitative estimate of drug-likeness (QED) is 0.287. The maximum atomic E-state index is 6.22. The van der Waals surface area contributed by atoms with Crippen LogP contribution < -0.4 is 0 Å². The summed E-state index contributed by atoms with van der Waals surface area (Å²) in [4.78, 5) is 0. The Morgan fingerprint density at radius 1 is 0.511 bits per heavy atom. The molecule has 2 nitrogen and oxygen atoms in total. The first-order valence-corrected chi connectivity index (χ1v) is 18.9. The first-order valence-electron chi connectivity index (χ1n) is 18.9. The number of hydrogen-bond acceptors (Lipinski definition) is 2. The Morgan fingerprint density at radius 2 is 1.09 bits per heavy atom. The summed E-state index contributed by atoms with van der Waals surface area (Å²) in [5, 5.41) is 0. The third kappa shape index (κ3) is 23.3. The van der Waals surface area contributed by atoms with Gasteiger partial charge >= 0.3 is 0 Å². The second-order valence-electron chi connectivity index (χ2n) is 14.6. The minimum Gasteiger partial charge on any atom is -0.381 e. The lowest BCUT2D eigenvalue weighted by atomic mass is 9.81. The first-order chi connectivity index (χ1) is 22.8. The molecule has 0 aromatic rings. The Bertz CT molecular complexity index is 1150. The summed E-state index contributed by atoms with van der Waals surface area (Å²) in [5.41, 5.74) is 0. The molecule has 1 saturated heterocycles. The van der Waals surface area contributed by atoms with Crippen LogP contribution in [0, 0.1) is 119 Å². The molecule has 8 atom stereocenters. The number of ether oxygens (including phenoxy) is 2. The van der Waals surface area contributed by atoms with E-state index in [2.05, 4.69) is 101 Å². The minimum atomic E-state index is 0.356. The third-order valence-electron chi connectivity index (χ3n) is 9.93. The number of hydrogen-bond donors (Lipinski definition) is 0. The van der Waals surface area contributed by atoms with E-state index in [1.165, 1.54) is 51.4 Å². The lowest BCUT2D eigenvalue weighted by Gasteiger charge is -2.26. The molecule has 1 rings (SSSR count). The number of rotatable bonds is 3. The van der Waals surface area contributed by atoms with Crippen molar-refractivity contribution in [3.63, 3.8) is 0 Å². The van der Waals surface area contributed by atoms with Gasteiger partial charge in [-0.3, -0.25) is 0 Å².